The van der Waals surface area contributed by atoms with Crippen LogP contribution in [0.4, 0.5) is 13.2 Å². The molecule has 2 aliphatic rings. The Morgan fingerprint density at radius 1 is 1.05 bits per heavy atom. The fourth-order valence-electron chi connectivity index (χ4n) is 3.24. The Bertz CT molecular complexity index is 340. The number of halogens is 4. The maximum absolute atomic E-state index is 12.7. The molecule has 0 bridgehead atoms. The Morgan fingerprint density at radius 2 is 1.70 bits per heavy atom. The molecule has 0 radical (unpaired) electrons. The molecule has 2 saturated carbocycles. The van der Waals surface area contributed by atoms with Crippen LogP contribution in [0.1, 0.15) is 51.4 Å². The van der Waals surface area contributed by atoms with Crippen molar-refractivity contribution in [1.82, 2.24) is 5.32 Å². The third kappa shape index (κ3) is 4.27. The smallest absolute Gasteiger partial charge is 0.353 e. The number of hydrogen-bond acceptors (Lipinski definition) is 1. The Morgan fingerprint density at radius 3 is 2.30 bits per heavy atom. The summed E-state index contributed by atoms with van der Waals surface area (Å²) in [7, 11) is 0. The van der Waals surface area contributed by atoms with Crippen LogP contribution >= 0.6 is 11.6 Å². The molecule has 6 heteroatoms. The van der Waals surface area contributed by atoms with E-state index < -0.39 is 18.0 Å². The molecule has 0 aromatic heterocycles. The zero-order valence-electron chi connectivity index (χ0n) is 11.4. The molecule has 2 rings (SSSR count). The van der Waals surface area contributed by atoms with E-state index in [1.54, 1.807) is 0 Å². The minimum atomic E-state index is -4.17. The largest absolute Gasteiger partial charge is 0.391 e. The van der Waals surface area contributed by atoms with Crippen molar-refractivity contribution >= 4 is 17.5 Å². The van der Waals surface area contributed by atoms with Gasteiger partial charge in [0.25, 0.3) is 0 Å². The summed E-state index contributed by atoms with van der Waals surface area (Å²) in [5.74, 6) is -1.99. The van der Waals surface area contributed by atoms with Crippen LogP contribution in [-0.4, -0.2) is 23.5 Å². The molecule has 1 N–H and O–H groups in total. The molecular weight excluding hydrogens is 291 g/mol. The van der Waals surface area contributed by atoms with Crippen LogP contribution in [-0.2, 0) is 4.79 Å². The standard InChI is InChI=1S/C14H21ClF3NO/c15-11-4-6-12(7-5-11)19-13(20)9-2-1-3-10(8-9)14(16,17)18/h9-12H,1-8H2,(H,19,20). The van der Waals surface area contributed by atoms with Gasteiger partial charge in [0.2, 0.25) is 5.91 Å². The first-order valence-electron chi connectivity index (χ1n) is 7.37. The molecule has 0 aliphatic heterocycles. The summed E-state index contributed by atoms with van der Waals surface area (Å²) in [6.07, 6.45) is 0.371. The number of hydrogen-bond donors (Lipinski definition) is 1. The van der Waals surface area contributed by atoms with Crippen molar-refractivity contribution in [3.8, 4) is 0 Å². The second-order valence-electron chi connectivity index (χ2n) is 6.06. The van der Waals surface area contributed by atoms with Gasteiger partial charge >= 0.3 is 6.18 Å². The van der Waals surface area contributed by atoms with Crippen molar-refractivity contribution in [2.24, 2.45) is 11.8 Å². The molecule has 0 spiro atoms. The van der Waals surface area contributed by atoms with Gasteiger partial charge in [-0.1, -0.05) is 6.42 Å². The lowest BCUT2D eigenvalue weighted by molar-refractivity contribution is -0.186. The molecule has 0 aromatic carbocycles. The van der Waals surface area contributed by atoms with Gasteiger partial charge in [-0.05, 0) is 44.9 Å². The summed E-state index contributed by atoms with van der Waals surface area (Å²) in [6, 6.07) is 0.0868. The minimum Gasteiger partial charge on any atom is -0.353 e. The SMILES string of the molecule is O=C(NC1CCC(Cl)CC1)C1CCCC(C(F)(F)F)C1. The zero-order chi connectivity index (χ0) is 14.8. The van der Waals surface area contributed by atoms with Crippen molar-refractivity contribution < 1.29 is 18.0 Å². The number of amides is 1. The maximum Gasteiger partial charge on any atom is 0.391 e. The number of alkyl halides is 4. The lowest BCUT2D eigenvalue weighted by atomic mass is 9.80. The summed E-state index contributed by atoms with van der Waals surface area (Å²) in [5, 5.41) is 3.09. The number of carbonyl (C=O) groups is 1. The van der Waals surface area contributed by atoms with E-state index in [1.807, 2.05) is 0 Å². The van der Waals surface area contributed by atoms with Crippen molar-refractivity contribution in [2.45, 2.75) is 69.0 Å². The first-order chi connectivity index (χ1) is 9.36. The van der Waals surface area contributed by atoms with Crippen LogP contribution in [0.25, 0.3) is 0 Å². The minimum absolute atomic E-state index is 0.0554. The van der Waals surface area contributed by atoms with Crippen molar-refractivity contribution in [3.05, 3.63) is 0 Å². The van der Waals surface area contributed by atoms with Gasteiger partial charge in [0.05, 0.1) is 5.92 Å². The van der Waals surface area contributed by atoms with Crippen LogP contribution in [0, 0.1) is 11.8 Å². The summed E-state index contributed by atoms with van der Waals surface area (Å²) >= 11 is 6.00. The summed E-state index contributed by atoms with van der Waals surface area (Å²) in [5.41, 5.74) is 0. The molecule has 116 valence electrons. The quantitative estimate of drug-likeness (QED) is 0.767. The van der Waals surface area contributed by atoms with E-state index >= 15 is 0 Å². The third-order valence-electron chi connectivity index (χ3n) is 4.51. The highest BCUT2D eigenvalue weighted by Gasteiger charge is 2.43. The molecule has 2 nitrogen and oxygen atoms in total. The van der Waals surface area contributed by atoms with E-state index in [-0.39, 0.29) is 30.2 Å². The van der Waals surface area contributed by atoms with Gasteiger partial charge in [-0.25, -0.2) is 0 Å². The fourth-order valence-corrected chi connectivity index (χ4v) is 3.49. The van der Waals surface area contributed by atoms with Crippen LogP contribution < -0.4 is 5.32 Å². The average molecular weight is 312 g/mol. The van der Waals surface area contributed by atoms with Gasteiger partial charge in [-0.2, -0.15) is 13.2 Å². The van der Waals surface area contributed by atoms with Gasteiger partial charge in [-0.15, -0.1) is 11.6 Å². The van der Waals surface area contributed by atoms with Gasteiger partial charge in [0.1, 0.15) is 0 Å². The summed E-state index contributed by atoms with van der Waals surface area (Å²) in [4.78, 5) is 12.1. The average Bonchev–Trinajstić information content (AvgIpc) is 2.40. The zero-order valence-corrected chi connectivity index (χ0v) is 12.1. The van der Waals surface area contributed by atoms with Crippen molar-refractivity contribution in [1.29, 1.82) is 0 Å². The topological polar surface area (TPSA) is 29.1 Å². The van der Waals surface area contributed by atoms with Gasteiger partial charge < -0.3 is 5.32 Å². The lowest BCUT2D eigenvalue weighted by Crippen LogP contribution is -2.43. The highest BCUT2D eigenvalue weighted by molar-refractivity contribution is 6.20. The molecule has 0 heterocycles. The fraction of sp³-hybridized carbons (Fsp3) is 0.929. The summed E-state index contributed by atoms with van der Waals surface area (Å²) in [6.45, 7) is 0. The third-order valence-corrected chi connectivity index (χ3v) is 4.95. The van der Waals surface area contributed by atoms with Gasteiger partial charge in [-0.3, -0.25) is 4.79 Å². The van der Waals surface area contributed by atoms with E-state index in [9.17, 15) is 18.0 Å². The van der Waals surface area contributed by atoms with E-state index in [2.05, 4.69) is 5.32 Å². The number of rotatable bonds is 2. The van der Waals surface area contributed by atoms with E-state index in [4.69, 9.17) is 11.6 Å². The molecule has 0 aromatic rings. The highest BCUT2D eigenvalue weighted by Crippen LogP contribution is 2.40. The summed E-state index contributed by atoms with van der Waals surface area (Å²) < 4.78 is 38.2. The second-order valence-corrected chi connectivity index (χ2v) is 6.68. The predicted octanol–water partition coefficient (Wildman–Crippen LogP) is 4.02. The molecule has 2 aliphatic carbocycles. The Hall–Kier alpha value is -0.450. The Kier molecular flexibility index (Phi) is 5.21. The van der Waals surface area contributed by atoms with Crippen LogP contribution in [0.5, 0.6) is 0 Å². The highest BCUT2D eigenvalue weighted by atomic mass is 35.5. The molecule has 2 fully saturated rings. The first-order valence-corrected chi connectivity index (χ1v) is 7.81. The van der Waals surface area contributed by atoms with Crippen LogP contribution in [0.3, 0.4) is 0 Å². The molecule has 20 heavy (non-hydrogen) atoms. The Labute approximate surface area is 122 Å². The van der Waals surface area contributed by atoms with Crippen LogP contribution in [0.2, 0.25) is 0 Å². The number of nitrogens with one attached hydrogen (secondary N) is 1. The predicted molar refractivity (Wildman–Crippen MR) is 71.5 cm³/mol. The van der Waals surface area contributed by atoms with E-state index in [1.165, 1.54) is 0 Å². The molecule has 2 atom stereocenters. The van der Waals surface area contributed by atoms with Crippen molar-refractivity contribution in [2.75, 3.05) is 0 Å². The van der Waals surface area contributed by atoms with Gasteiger partial charge in [0, 0.05) is 17.3 Å². The normalized spacial score (nSPS) is 35.6. The lowest BCUT2D eigenvalue weighted by Gasteiger charge is -2.32. The maximum atomic E-state index is 12.7. The monoisotopic (exact) mass is 311 g/mol. The molecular formula is C14H21ClF3NO. The molecule has 1 amide bonds. The van der Waals surface area contributed by atoms with Crippen molar-refractivity contribution in [3.63, 3.8) is 0 Å². The first kappa shape index (κ1) is 15.9. The van der Waals surface area contributed by atoms with E-state index in [0.717, 1.165) is 25.7 Å². The number of carbonyl (C=O) groups excluding carboxylic acids is 1. The second kappa shape index (κ2) is 6.54. The Balaban J connectivity index is 1.83. The van der Waals surface area contributed by atoms with E-state index in [0.29, 0.717) is 12.8 Å². The van der Waals surface area contributed by atoms with Crippen LogP contribution in [0.15, 0.2) is 0 Å². The molecule has 2 unspecified atom stereocenters. The molecule has 0 saturated heterocycles. The van der Waals surface area contributed by atoms with Gasteiger partial charge in [0.15, 0.2) is 0 Å².